The van der Waals surface area contributed by atoms with Crippen LogP contribution in [0.3, 0.4) is 0 Å². The monoisotopic (exact) mass is 301 g/mol. The van der Waals surface area contributed by atoms with Crippen molar-refractivity contribution in [3.8, 4) is 0 Å². The van der Waals surface area contributed by atoms with Crippen LogP contribution in [0.15, 0.2) is 0 Å². The smallest absolute Gasteiger partial charge is 0.0683 e. The third-order valence-electron chi connectivity index (χ3n) is 3.74. The predicted molar refractivity (Wildman–Crippen MR) is 91.0 cm³/mol. The predicted octanol–water partition coefficient (Wildman–Crippen LogP) is 5.89. The minimum Gasteiger partial charge on any atom is -0.274 e. The lowest BCUT2D eigenvalue weighted by Crippen LogP contribution is -2.25. The zero-order valence-electron chi connectivity index (χ0n) is 14.9. The molecular weight excluding hydrogens is 262 g/mol. The molecule has 0 aromatic rings. The van der Waals surface area contributed by atoms with Crippen molar-refractivity contribution in [3.05, 3.63) is 0 Å². The molecule has 0 atom stereocenters. The molecular formula is C18H39NO2. The van der Waals surface area contributed by atoms with Gasteiger partial charge in [0, 0.05) is 0 Å². The highest BCUT2D eigenvalue weighted by Gasteiger charge is 2.03. The van der Waals surface area contributed by atoms with Gasteiger partial charge < -0.3 is 0 Å². The summed E-state index contributed by atoms with van der Waals surface area (Å²) in [5, 5.41) is 1.65. The van der Waals surface area contributed by atoms with Crippen molar-refractivity contribution in [1.82, 2.24) is 5.23 Å². The van der Waals surface area contributed by atoms with E-state index >= 15 is 0 Å². The molecule has 0 rings (SSSR count). The van der Waals surface area contributed by atoms with Crippen LogP contribution in [0.2, 0.25) is 0 Å². The summed E-state index contributed by atoms with van der Waals surface area (Å²) in [7, 11) is 0. The largest absolute Gasteiger partial charge is 0.274 e. The molecule has 0 aromatic heterocycles. The van der Waals surface area contributed by atoms with Gasteiger partial charge in [-0.3, -0.25) is 9.68 Å². The Morgan fingerprint density at radius 2 is 0.905 bits per heavy atom. The lowest BCUT2D eigenvalue weighted by atomic mass is 10.1. The Kier molecular flexibility index (Phi) is 17.8. The van der Waals surface area contributed by atoms with Crippen molar-refractivity contribution < 1.29 is 9.68 Å². The highest BCUT2D eigenvalue weighted by atomic mass is 16.9. The number of nitrogens with zero attached hydrogens (tertiary/aromatic N) is 1. The summed E-state index contributed by atoms with van der Waals surface area (Å²) in [4.78, 5) is 10.8. The van der Waals surface area contributed by atoms with Crippen molar-refractivity contribution in [1.29, 1.82) is 0 Å². The third-order valence-corrected chi connectivity index (χ3v) is 3.74. The van der Waals surface area contributed by atoms with E-state index in [-0.39, 0.29) is 0 Å². The Balaban J connectivity index is 3.17. The first-order valence-corrected chi connectivity index (χ1v) is 9.38. The van der Waals surface area contributed by atoms with E-state index in [2.05, 4.69) is 6.92 Å². The molecule has 0 fully saturated rings. The molecule has 0 spiro atoms. The SMILES string of the molecule is CCCCCCCCCCCCCCN(OCC)OCC. The van der Waals surface area contributed by atoms with Gasteiger partial charge in [-0.25, -0.2) is 0 Å². The second-order valence-corrected chi connectivity index (χ2v) is 5.78. The molecule has 0 N–H and O–H groups in total. The molecule has 0 aliphatic rings. The minimum absolute atomic E-state index is 0.679. The average molecular weight is 302 g/mol. The van der Waals surface area contributed by atoms with Crippen molar-refractivity contribution in [2.24, 2.45) is 0 Å². The normalized spacial score (nSPS) is 11.4. The minimum atomic E-state index is 0.679. The van der Waals surface area contributed by atoms with Gasteiger partial charge in [0.05, 0.1) is 19.8 Å². The summed E-state index contributed by atoms with van der Waals surface area (Å²) >= 11 is 0. The fourth-order valence-corrected chi connectivity index (χ4v) is 2.54. The molecule has 128 valence electrons. The quantitative estimate of drug-likeness (QED) is 0.247. The molecule has 0 radical (unpaired) electrons. The molecule has 0 heterocycles. The van der Waals surface area contributed by atoms with Crippen LogP contribution in [0.25, 0.3) is 0 Å². The number of unbranched alkanes of at least 4 members (excludes halogenated alkanes) is 11. The van der Waals surface area contributed by atoms with Gasteiger partial charge in [0.15, 0.2) is 0 Å². The zero-order valence-corrected chi connectivity index (χ0v) is 14.9. The summed E-state index contributed by atoms with van der Waals surface area (Å²) in [5.41, 5.74) is 0. The van der Waals surface area contributed by atoms with Crippen molar-refractivity contribution >= 4 is 0 Å². The first-order valence-electron chi connectivity index (χ1n) is 9.38. The molecule has 0 saturated heterocycles. The van der Waals surface area contributed by atoms with Gasteiger partial charge in [0.2, 0.25) is 0 Å². The van der Waals surface area contributed by atoms with E-state index in [1.807, 2.05) is 13.8 Å². The highest BCUT2D eigenvalue weighted by molar-refractivity contribution is 4.49. The first kappa shape index (κ1) is 20.9. The molecule has 3 heteroatoms. The topological polar surface area (TPSA) is 21.7 Å². The lowest BCUT2D eigenvalue weighted by Gasteiger charge is -2.19. The fraction of sp³-hybridized carbons (Fsp3) is 1.00. The van der Waals surface area contributed by atoms with E-state index in [0.29, 0.717) is 13.2 Å². The Bertz CT molecular complexity index is 182. The molecule has 0 aliphatic carbocycles. The molecule has 0 amide bonds. The zero-order chi connectivity index (χ0) is 15.6. The molecule has 0 aliphatic heterocycles. The Labute approximate surface area is 133 Å². The summed E-state index contributed by atoms with van der Waals surface area (Å²) in [5.74, 6) is 0. The second kappa shape index (κ2) is 17.9. The summed E-state index contributed by atoms with van der Waals surface area (Å²) in [6, 6.07) is 0. The number of hydrogen-bond donors (Lipinski definition) is 0. The van der Waals surface area contributed by atoms with E-state index in [1.54, 1.807) is 5.23 Å². The van der Waals surface area contributed by atoms with E-state index in [0.717, 1.165) is 13.0 Å². The molecule has 0 bridgehead atoms. The number of rotatable bonds is 17. The molecule has 3 nitrogen and oxygen atoms in total. The maximum absolute atomic E-state index is 5.39. The van der Waals surface area contributed by atoms with E-state index < -0.39 is 0 Å². The molecule has 21 heavy (non-hydrogen) atoms. The van der Waals surface area contributed by atoms with E-state index in [1.165, 1.54) is 70.6 Å². The van der Waals surface area contributed by atoms with Gasteiger partial charge in [-0.05, 0) is 20.3 Å². The van der Waals surface area contributed by atoms with Gasteiger partial charge in [-0.2, -0.15) is 0 Å². The van der Waals surface area contributed by atoms with Crippen molar-refractivity contribution in [2.75, 3.05) is 19.8 Å². The van der Waals surface area contributed by atoms with Gasteiger partial charge in [0.1, 0.15) is 0 Å². The highest BCUT2D eigenvalue weighted by Crippen LogP contribution is 2.12. The van der Waals surface area contributed by atoms with Crippen LogP contribution in [0.5, 0.6) is 0 Å². The van der Waals surface area contributed by atoms with Gasteiger partial charge >= 0.3 is 0 Å². The van der Waals surface area contributed by atoms with Gasteiger partial charge in [-0.15, -0.1) is 0 Å². The Morgan fingerprint density at radius 3 is 1.29 bits per heavy atom. The summed E-state index contributed by atoms with van der Waals surface area (Å²) in [6.07, 6.45) is 16.6. The Morgan fingerprint density at radius 1 is 0.524 bits per heavy atom. The van der Waals surface area contributed by atoms with Crippen LogP contribution in [0.4, 0.5) is 0 Å². The third kappa shape index (κ3) is 16.1. The standard InChI is InChI=1S/C18H39NO2/c1-4-7-8-9-10-11-12-13-14-15-16-17-18-19(20-5-2)21-6-3/h4-18H2,1-3H3. The second-order valence-electron chi connectivity index (χ2n) is 5.78. The maximum Gasteiger partial charge on any atom is 0.0683 e. The number of hydroxylamine groups is 2. The first-order chi connectivity index (χ1) is 10.3. The van der Waals surface area contributed by atoms with Crippen molar-refractivity contribution in [3.63, 3.8) is 0 Å². The molecule has 0 unspecified atom stereocenters. The van der Waals surface area contributed by atoms with Crippen LogP contribution in [0, 0.1) is 0 Å². The Hall–Kier alpha value is -0.120. The van der Waals surface area contributed by atoms with Crippen LogP contribution in [0.1, 0.15) is 97.8 Å². The van der Waals surface area contributed by atoms with Gasteiger partial charge in [-0.1, -0.05) is 82.8 Å². The van der Waals surface area contributed by atoms with Gasteiger partial charge in [0.25, 0.3) is 0 Å². The fourth-order valence-electron chi connectivity index (χ4n) is 2.54. The van der Waals surface area contributed by atoms with Crippen LogP contribution < -0.4 is 0 Å². The summed E-state index contributed by atoms with van der Waals surface area (Å²) in [6.45, 7) is 8.51. The average Bonchev–Trinajstić information content (AvgIpc) is 2.48. The van der Waals surface area contributed by atoms with Crippen molar-refractivity contribution in [2.45, 2.75) is 97.8 Å². The lowest BCUT2D eigenvalue weighted by molar-refractivity contribution is -0.364. The van der Waals surface area contributed by atoms with E-state index in [9.17, 15) is 0 Å². The maximum atomic E-state index is 5.39. The number of hydrogen-bond acceptors (Lipinski definition) is 3. The van der Waals surface area contributed by atoms with Crippen LogP contribution >= 0.6 is 0 Å². The summed E-state index contributed by atoms with van der Waals surface area (Å²) < 4.78 is 0. The molecule has 0 saturated carbocycles. The van der Waals surface area contributed by atoms with E-state index in [4.69, 9.17) is 9.68 Å². The van der Waals surface area contributed by atoms with Crippen LogP contribution in [-0.2, 0) is 9.68 Å². The molecule has 0 aromatic carbocycles. The van der Waals surface area contributed by atoms with Crippen LogP contribution in [-0.4, -0.2) is 25.0 Å².